The van der Waals surface area contributed by atoms with Crippen molar-refractivity contribution in [3.05, 3.63) is 27.5 Å². The highest BCUT2D eigenvalue weighted by Crippen LogP contribution is 2.45. The van der Waals surface area contributed by atoms with Gasteiger partial charge in [-0.05, 0) is 12.8 Å². The number of aliphatic carboxylic acids is 1. The van der Waals surface area contributed by atoms with E-state index in [0.29, 0.717) is 17.5 Å². The SMILES string of the molecule is Nc1nc(/C(=N/O)C(=O)NC2C(=O)N3C(C(=O)O)=C(Sc4ncc(C(F)(F)F)s4)CCC23)ns1. The number of carboxylic acids is 1. The number of carbonyl (C=O) groups is 3. The quantitative estimate of drug-likeness (QED) is 0.182. The van der Waals surface area contributed by atoms with E-state index in [1.165, 1.54) is 0 Å². The van der Waals surface area contributed by atoms with Crippen LogP contribution in [0.4, 0.5) is 18.3 Å². The Bertz CT molecular complexity index is 1240. The molecule has 2 aliphatic rings. The van der Waals surface area contributed by atoms with E-state index < -0.39 is 46.6 Å². The van der Waals surface area contributed by atoms with Crippen molar-refractivity contribution in [3.63, 3.8) is 0 Å². The zero-order chi connectivity index (χ0) is 24.8. The van der Waals surface area contributed by atoms with E-state index in [1.54, 1.807) is 0 Å². The fourth-order valence-corrected chi connectivity index (χ4v) is 5.91. The van der Waals surface area contributed by atoms with Gasteiger partial charge in [-0.2, -0.15) is 22.5 Å². The van der Waals surface area contributed by atoms with Crippen LogP contribution in [0.5, 0.6) is 0 Å². The third-order valence-corrected chi connectivity index (χ3v) is 7.63. The fraction of sp³-hybridized carbons (Fsp3) is 0.312. The van der Waals surface area contributed by atoms with Crippen LogP contribution in [0.1, 0.15) is 23.5 Å². The third kappa shape index (κ3) is 4.30. The number of β-lactam (4-membered cyclic amide) rings is 1. The molecule has 4 heterocycles. The van der Waals surface area contributed by atoms with Gasteiger partial charge in [0.1, 0.15) is 16.6 Å². The van der Waals surface area contributed by atoms with Crippen molar-refractivity contribution in [2.45, 2.75) is 35.4 Å². The molecule has 2 atom stereocenters. The van der Waals surface area contributed by atoms with E-state index in [2.05, 4.69) is 24.8 Å². The highest BCUT2D eigenvalue weighted by atomic mass is 32.2. The Morgan fingerprint density at radius 2 is 2.12 bits per heavy atom. The Labute approximate surface area is 199 Å². The standard InChI is InChI=1S/C16H12F3N7O5S3/c17-16(18,19)6-3-21-15(33-6)32-5-2-1-4-7(12(28)26(4)9(5)13(29)30)22-11(27)8(24-31)10-23-14(20)34-25-10/h3-4,7,31H,1-2H2,(H,22,27)(H,29,30)(H2,20,23,25)/b24-8-. The van der Waals surface area contributed by atoms with Gasteiger partial charge in [-0.3, -0.25) is 14.5 Å². The lowest BCUT2D eigenvalue weighted by molar-refractivity contribution is -0.155. The second kappa shape index (κ2) is 8.84. The maximum absolute atomic E-state index is 12.8. The van der Waals surface area contributed by atoms with Crippen LogP contribution in [0.3, 0.4) is 0 Å². The van der Waals surface area contributed by atoms with Gasteiger partial charge < -0.3 is 21.4 Å². The number of nitrogens with two attached hydrogens (primary N) is 1. The number of carbonyl (C=O) groups excluding carboxylic acids is 2. The van der Waals surface area contributed by atoms with Crippen molar-refractivity contribution >= 4 is 63.3 Å². The Morgan fingerprint density at radius 1 is 1.38 bits per heavy atom. The molecule has 0 aliphatic carbocycles. The number of fused-ring (bicyclic) bond motifs is 1. The number of hydrogen-bond donors (Lipinski definition) is 4. The molecule has 0 spiro atoms. The van der Waals surface area contributed by atoms with Gasteiger partial charge in [0.15, 0.2) is 9.47 Å². The van der Waals surface area contributed by atoms with Crippen molar-refractivity contribution in [3.8, 4) is 0 Å². The zero-order valence-electron chi connectivity index (χ0n) is 16.4. The maximum Gasteiger partial charge on any atom is 0.427 e. The molecule has 34 heavy (non-hydrogen) atoms. The zero-order valence-corrected chi connectivity index (χ0v) is 18.9. The number of thiazole rings is 1. The molecular weight excluding hydrogens is 523 g/mol. The smallest absolute Gasteiger partial charge is 0.427 e. The second-order valence-corrected chi connectivity index (χ2v) is 9.99. The summed E-state index contributed by atoms with van der Waals surface area (Å²) in [7, 11) is 0. The highest BCUT2D eigenvalue weighted by Gasteiger charge is 2.54. The Balaban J connectivity index is 1.52. The van der Waals surface area contributed by atoms with E-state index in [1.807, 2.05) is 0 Å². The van der Waals surface area contributed by atoms with Crippen LogP contribution in [-0.2, 0) is 20.6 Å². The Hall–Kier alpha value is -3.25. The molecule has 1 fully saturated rings. The molecule has 2 unspecified atom stereocenters. The summed E-state index contributed by atoms with van der Waals surface area (Å²) in [5.41, 5.74) is 4.48. The van der Waals surface area contributed by atoms with Gasteiger partial charge in [-0.15, -0.1) is 11.3 Å². The number of rotatable bonds is 6. The predicted octanol–water partition coefficient (Wildman–Crippen LogP) is 1.35. The molecule has 5 N–H and O–H groups in total. The molecule has 4 rings (SSSR count). The minimum atomic E-state index is -4.58. The summed E-state index contributed by atoms with van der Waals surface area (Å²) in [5.74, 6) is -3.41. The maximum atomic E-state index is 12.8. The lowest BCUT2D eigenvalue weighted by atomic mass is 9.86. The van der Waals surface area contributed by atoms with E-state index in [9.17, 15) is 32.7 Å². The molecule has 12 nitrogen and oxygen atoms in total. The van der Waals surface area contributed by atoms with Crippen LogP contribution in [0, 0.1) is 0 Å². The molecular formula is C16H12F3N7O5S3. The number of nitrogens with zero attached hydrogens (tertiary/aromatic N) is 5. The average molecular weight is 536 g/mol. The van der Waals surface area contributed by atoms with Gasteiger partial charge in [-0.25, -0.2) is 9.78 Å². The number of nitrogen functional groups attached to an aromatic ring is 1. The van der Waals surface area contributed by atoms with Crippen molar-refractivity contribution in [1.29, 1.82) is 0 Å². The Morgan fingerprint density at radius 3 is 2.68 bits per heavy atom. The molecule has 1 saturated heterocycles. The third-order valence-electron chi connectivity index (χ3n) is 4.82. The number of aromatic nitrogens is 3. The van der Waals surface area contributed by atoms with Crippen LogP contribution in [0.2, 0.25) is 0 Å². The number of halogens is 3. The first kappa shape index (κ1) is 23.9. The molecule has 2 aromatic rings. The number of hydrogen-bond acceptors (Lipinski definition) is 12. The molecule has 0 bridgehead atoms. The highest BCUT2D eigenvalue weighted by molar-refractivity contribution is 8.04. The second-order valence-electron chi connectivity index (χ2n) is 6.84. The molecule has 180 valence electrons. The number of carboxylic acid groups (broad SMARTS) is 1. The lowest BCUT2D eigenvalue weighted by Crippen LogP contribution is -2.72. The first-order valence-electron chi connectivity index (χ1n) is 9.14. The lowest BCUT2D eigenvalue weighted by Gasteiger charge is -2.49. The normalized spacial score (nSPS) is 20.7. The van der Waals surface area contributed by atoms with Gasteiger partial charge in [0, 0.05) is 16.4 Å². The van der Waals surface area contributed by atoms with Crippen molar-refractivity contribution in [1.82, 2.24) is 24.6 Å². The van der Waals surface area contributed by atoms with Gasteiger partial charge in [0.25, 0.3) is 11.8 Å². The van der Waals surface area contributed by atoms with E-state index in [0.717, 1.165) is 28.2 Å². The van der Waals surface area contributed by atoms with Crippen molar-refractivity contribution < 1.29 is 37.9 Å². The summed E-state index contributed by atoms with van der Waals surface area (Å²) in [6, 6.07) is -1.83. The number of oxime groups is 1. The predicted molar refractivity (Wildman–Crippen MR) is 112 cm³/mol. The molecule has 2 amide bonds. The van der Waals surface area contributed by atoms with E-state index in [4.69, 9.17) is 10.9 Å². The minimum absolute atomic E-state index is 0.0174. The van der Waals surface area contributed by atoms with E-state index in [-0.39, 0.29) is 38.7 Å². The van der Waals surface area contributed by atoms with Crippen LogP contribution in [0.15, 0.2) is 26.3 Å². The summed E-state index contributed by atoms with van der Waals surface area (Å²) < 4.78 is 42.2. The number of thioether (sulfide) groups is 1. The summed E-state index contributed by atoms with van der Waals surface area (Å²) in [6.07, 6.45) is -3.57. The Kier molecular flexibility index (Phi) is 6.21. The summed E-state index contributed by atoms with van der Waals surface area (Å²) >= 11 is 1.87. The largest absolute Gasteiger partial charge is 0.477 e. The summed E-state index contributed by atoms with van der Waals surface area (Å²) in [6.45, 7) is 0. The van der Waals surface area contributed by atoms with Crippen LogP contribution < -0.4 is 11.1 Å². The van der Waals surface area contributed by atoms with Gasteiger partial charge in [-0.1, -0.05) is 16.9 Å². The van der Waals surface area contributed by atoms with Crippen LogP contribution in [-0.4, -0.2) is 65.1 Å². The fourth-order valence-electron chi connectivity index (χ4n) is 3.40. The number of alkyl halides is 3. The first-order valence-corrected chi connectivity index (χ1v) is 11.5. The number of amides is 2. The van der Waals surface area contributed by atoms with E-state index >= 15 is 0 Å². The minimum Gasteiger partial charge on any atom is -0.477 e. The molecule has 0 saturated carbocycles. The first-order chi connectivity index (χ1) is 16.0. The van der Waals surface area contributed by atoms with Gasteiger partial charge in [0.2, 0.25) is 11.5 Å². The van der Waals surface area contributed by atoms with Crippen molar-refractivity contribution in [2.24, 2.45) is 5.16 Å². The molecule has 0 aromatic carbocycles. The number of anilines is 1. The monoisotopic (exact) mass is 535 g/mol. The van der Waals surface area contributed by atoms with Crippen LogP contribution in [0.25, 0.3) is 0 Å². The summed E-state index contributed by atoms with van der Waals surface area (Å²) in [5, 5.41) is 24.1. The summed E-state index contributed by atoms with van der Waals surface area (Å²) in [4.78, 5) is 44.7. The number of allylic oxidation sites excluding steroid dienone is 1. The van der Waals surface area contributed by atoms with Crippen LogP contribution >= 0.6 is 34.6 Å². The molecule has 18 heteroatoms. The number of nitrogens with one attached hydrogen (secondary N) is 1. The average Bonchev–Trinajstić information content (AvgIpc) is 3.41. The van der Waals surface area contributed by atoms with Crippen molar-refractivity contribution in [2.75, 3.05) is 5.73 Å². The van der Waals surface area contributed by atoms with Gasteiger partial charge >= 0.3 is 12.1 Å². The van der Waals surface area contributed by atoms with Gasteiger partial charge in [0.05, 0.1) is 12.2 Å². The molecule has 2 aromatic heterocycles. The topological polar surface area (TPSA) is 184 Å². The molecule has 0 radical (unpaired) electrons. The molecule has 2 aliphatic heterocycles.